The van der Waals surface area contributed by atoms with Crippen molar-refractivity contribution < 1.29 is 9.90 Å². The molecule has 3 heteroatoms. The molecule has 3 nitrogen and oxygen atoms in total. The highest BCUT2D eigenvalue weighted by Gasteiger charge is 2.11. The summed E-state index contributed by atoms with van der Waals surface area (Å²) in [7, 11) is 2.03. The van der Waals surface area contributed by atoms with Gasteiger partial charge >= 0.3 is 5.97 Å². The second-order valence-electron chi connectivity index (χ2n) is 4.68. The molecule has 94 valence electrons. The predicted molar refractivity (Wildman–Crippen MR) is 69.0 cm³/mol. The number of carboxylic acid groups (broad SMARTS) is 1. The zero-order valence-corrected chi connectivity index (χ0v) is 10.8. The van der Waals surface area contributed by atoms with E-state index in [1.54, 1.807) is 0 Å². The fraction of sp³-hybridized carbons (Fsp3) is 0.500. The van der Waals surface area contributed by atoms with Crippen molar-refractivity contribution in [1.29, 1.82) is 0 Å². The molecule has 0 aromatic heterocycles. The lowest BCUT2D eigenvalue weighted by molar-refractivity contribution is -0.137. The Balaban J connectivity index is 2.45. The Bertz CT molecular complexity index is 359. The zero-order valence-electron chi connectivity index (χ0n) is 10.8. The minimum Gasteiger partial charge on any atom is -0.481 e. The molecule has 1 aromatic carbocycles. The van der Waals surface area contributed by atoms with Gasteiger partial charge in [-0.1, -0.05) is 29.8 Å². The molecule has 0 fully saturated rings. The number of carbonyl (C=O) groups is 1. The third-order valence-electron chi connectivity index (χ3n) is 3.08. The van der Waals surface area contributed by atoms with Crippen LogP contribution in [0.4, 0.5) is 0 Å². The van der Waals surface area contributed by atoms with Gasteiger partial charge in [-0.3, -0.25) is 9.69 Å². The highest BCUT2D eigenvalue weighted by atomic mass is 16.4. The van der Waals surface area contributed by atoms with Gasteiger partial charge in [-0.25, -0.2) is 0 Å². The van der Waals surface area contributed by atoms with Crippen molar-refractivity contribution in [1.82, 2.24) is 4.90 Å². The van der Waals surface area contributed by atoms with E-state index in [0.717, 1.165) is 6.54 Å². The number of hydrogen-bond donors (Lipinski definition) is 1. The van der Waals surface area contributed by atoms with Crippen LogP contribution in [-0.4, -0.2) is 29.1 Å². The molecule has 1 unspecified atom stereocenters. The molecular formula is C14H21NO2. The molecule has 0 amide bonds. The summed E-state index contributed by atoms with van der Waals surface area (Å²) in [6.45, 7) is 5.00. The van der Waals surface area contributed by atoms with Crippen LogP contribution in [0.3, 0.4) is 0 Å². The molecule has 0 heterocycles. The fourth-order valence-electron chi connectivity index (χ4n) is 1.69. The molecule has 0 bridgehead atoms. The lowest BCUT2D eigenvalue weighted by Crippen LogP contribution is -2.29. The third-order valence-corrected chi connectivity index (χ3v) is 3.08. The standard InChI is InChI=1S/C14H21NO2/c1-11-4-7-13(8-5-11)10-15(3)12(2)6-9-14(16)17/h4-5,7-8,12H,6,9-10H2,1-3H3,(H,16,17). The summed E-state index contributed by atoms with van der Waals surface area (Å²) >= 11 is 0. The zero-order chi connectivity index (χ0) is 12.8. The Kier molecular flexibility index (Phi) is 5.16. The number of aryl methyl sites for hydroxylation is 1. The van der Waals surface area contributed by atoms with E-state index in [1.165, 1.54) is 11.1 Å². The van der Waals surface area contributed by atoms with Crippen LogP contribution in [0.1, 0.15) is 30.9 Å². The van der Waals surface area contributed by atoms with Crippen molar-refractivity contribution in [3.63, 3.8) is 0 Å². The molecular weight excluding hydrogens is 214 g/mol. The molecule has 0 aliphatic rings. The van der Waals surface area contributed by atoms with E-state index in [-0.39, 0.29) is 12.5 Å². The number of rotatable bonds is 6. The van der Waals surface area contributed by atoms with Crippen molar-refractivity contribution in [3.05, 3.63) is 35.4 Å². The molecule has 17 heavy (non-hydrogen) atoms. The number of carboxylic acids is 1. The first-order valence-corrected chi connectivity index (χ1v) is 5.96. The minimum atomic E-state index is -0.722. The second-order valence-corrected chi connectivity index (χ2v) is 4.68. The van der Waals surface area contributed by atoms with Gasteiger partial charge in [0.15, 0.2) is 0 Å². The maximum atomic E-state index is 10.5. The Morgan fingerprint density at radius 2 is 1.94 bits per heavy atom. The average molecular weight is 235 g/mol. The highest BCUT2D eigenvalue weighted by Crippen LogP contribution is 2.10. The molecule has 1 N–H and O–H groups in total. The Labute approximate surface area is 103 Å². The molecule has 0 radical (unpaired) electrons. The monoisotopic (exact) mass is 235 g/mol. The molecule has 1 rings (SSSR count). The van der Waals surface area contributed by atoms with E-state index < -0.39 is 5.97 Å². The fourth-order valence-corrected chi connectivity index (χ4v) is 1.69. The highest BCUT2D eigenvalue weighted by molar-refractivity contribution is 5.66. The normalized spacial score (nSPS) is 12.7. The van der Waals surface area contributed by atoms with E-state index in [4.69, 9.17) is 5.11 Å². The van der Waals surface area contributed by atoms with Gasteiger partial charge in [0.2, 0.25) is 0 Å². The topological polar surface area (TPSA) is 40.5 Å². The lowest BCUT2D eigenvalue weighted by atomic mass is 10.1. The van der Waals surface area contributed by atoms with Gasteiger partial charge < -0.3 is 5.11 Å². The van der Waals surface area contributed by atoms with Crippen LogP contribution in [0.15, 0.2) is 24.3 Å². The third kappa shape index (κ3) is 5.00. The first-order chi connectivity index (χ1) is 7.99. The summed E-state index contributed by atoms with van der Waals surface area (Å²) in [6.07, 6.45) is 0.928. The van der Waals surface area contributed by atoms with Gasteiger partial charge in [-0.15, -0.1) is 0 Å². The van der Waals surface area contributed by atoms with Crippen LogP contribution in [0, 0.1) is 6.92 Å². The Morgan fingerprint density at radius 3 is 2.47 bits per heavy atom. The van der Waals surface area contributed by atoms with Crippen molar-refractivity contribution in [3.8, 4) is 0 Å². The number of benzene rings is 1. The summed E-state index contributed by atoms with van der Waals surface area (Å²) in [5, 5.41) is 8.65. The number of nitrogens with zero attached hydrogens (tertiary/aromatic N) is 1. The van der Waals surface area contributed by atoms with Crippen LogP contribution in [0.5, 0.6) is 0 Å². The predicted octanol–water partition coefficient (Wildman–Crippen LogP) is 2.68. The number of hydrogen-bond acceptors (Lipinski definition) is 2. The molecule has 0 aliphatic heterocycles. The maximum absolute atomic E-state index is 10.5. The van der Waals surface area contributed by atoms with Gasteiger partial charge in [0.25, 0.3) is 0 Å². The molecule has 0 saturated carbocycles. The van der Waals surface area contributed by atoms with Crippen LogP contribution in [0.2, 0.25) is 0 Å². The van der Waals surface area contributed by atoms with E-state index in [2.05, 4.69) is 43.0 Å². The van der Waals surface area contributed by atoms with Gasteiger partial charge in [-0.05, 0) is 32.9 Å². The molecule has 0 aliphatic carbocycles. The van der Waals surface area contributed by atoms with E-state index >= 15 is 0 Å². The summed E-state index contributed by atoms with van der Waals surface area (Å²) in [5.41, 5.74) is 2.52. The van der Waals surface area contributed by atoms with Gasteiger partial charge in [0, 0.05) is 19.0 Å². The van der Waals surface area contributed by atoms with Gasteiger partial charge in [-0.2, -0.15) is 0 Å². The van der Waals surface area contributed by atoms with Crippen molar-refractivity contribution in [2.45, 2.75) is 39.3 Å². The first-order valence-electron chi connectivity index (χ1n) is 5.96. The molecule has 0 spiro atoms. The van der Waals surface area contributed by atoms with E-state index in [1.807, 2.05) is 7.05 Å². The summed E-state index contributed by atoms with van der Waals surface area (Å²) in [4.78, 5) is 12.7. The van der Waals surface area contributed by atoms with Gasteiger partial charge in [0.1, 0.15) is 0 Å². The Hall–Kier alpha value is -1.35. The van der Waals surface area contributed by atoms with Crippen molar-refractivity contribution >= 4 is 5.97 Å². The smallest absolute Gasteiger partial charge is 0.303 e. The second kappa shape index (κ2) is 6.40. The quantitative estimate of drug-likeness (QED) is 0.824. The van der Waals surface area contributed by atoms with Crippen molar-refractivity contribution in [2.75, 3.05) is 7.05 Å². The van der Waals surface area contributed by atoms with E-state index in [0.29, 0.717) is 6.42 Å². The summed E-state index contributed by atoms with van der Waals surface area (Å²) in [5.74, 6) is -0.722. The number of aliphatic carboxylic acids is 1. The SMILES string of the molecule is Cc1ccc(CN(C)C(C)CCC(=O)O)cc1. The molecule has 1 atom stereocenters. The van der Waals surface area contributed by atoms with Crippen LogP contribution >= 0.6 is 0 Å². The van der Waals surface area contributed by atoms with Crippen LogP contribution < -0.4 is 0 Å². The Morgan fingerprint density at radius 1 is 1.35 bits per heavy atom. The minimum absolute atomic E-state index is 0.236. The van der Waals surface area contributed by atoms with E-state index in [9.17, 15) is 4.79 Å². The lowest BCUT2D eigenvalue weighted by Gasteiger charge is -2.24. The molecule has 1 aromatic rings. The van der Waals surface area contributed by atoms with Crippen LogP contribution in [-0.2, 0) is 11.3 Å². The molecule has 0 saturated heterocycles. The summed E-state index contributed by atoms with van der Waals surface area (Å²) in [6, 6.07) is 8.73. The van der Waals surface area contributed by atoms with Gasteiger partial charge in [0.05, 0.1) is 0 Å². The van der Waals surface area contributed by atoms with Crippen molar-refractivity contribution in [2.24, 2.45) is 0 Å². The van der Waals surface area contributed by atoms with Crippen LogP contribution in [0.25, 0.3) is 0 Å². The first kappa shape index (κ1) is 13.7. The summed E-state index contributed by atoms with van der Waals surface area (Å²) < 4.78 is 0. The average Bonchev–Trinajstić information content (AvgIpc) is 2.28. The largest absolute Gasteiger partial charge is 0.481 e. The maximum Gasteiger partial charge on any atom is 0.303 e.